The SMILES string of the molecule is CCOC(=O)COc1c(C(=O)OCC)sc2cc(OCc3ccc(Cl)cc3Cl)ccc12. The smallest absolute Gasteiger partial charge is 0.352 e. The Labute approximate surface area is 193 Å². The number of esters is 2. The maximum atomic E-state index is 12.4. The first-order valence-corrected chi connectivity index (χ1v) is 11.1. The summed E-state index contributed by atoms with van der Waals surface area (Å²) in [5.74, 6) is -0.152. The lowest BCUT2D eigenvalue weighted by molar-refractivity contribution is -0.145. The first-order valence-electron chi connectivity index (χ1n) is 9.51. The van der Waals surface area contributed by atoms with Crippen LogP contribution in [0.5, 0.6) is 11.5 Å². The normalized spacial score (nSPS) is 10.7. The van der Waals surface area contributed by atoms with Crippen molar-refractivity contribution < 1.29 is 28.5 Å². The number of rotatable bonds is 9. The van der Waals surface area contributed by atoms with Crippen molar-refractivity contribution in [3.8, 4) is 11.5 Å². The molecule has 0 N–H and O–H groups in total. The summed E-state index contributed by atoms with van der Waals surface area (Å²) >= 11 is 13.3. The van der Waals surface area contributed by atoms with Crippen LogP contribution in [-0.2, 0) is 20.9 Å². The molecule has 31 heavy (non-hydrogen) atoms. The van der Waals surface area contributed by atoms with Gasteiger partial charge in [-0.05, 0) is 44.2 Å². The number of ether oxygens (including phenoxy) is 4. The summed E-state index contributed by atoms with van der Waals surface area (Å²) in [5.41, 5.74) is 0.794. The second-order valence-electron chi connectivity index (χ2n) is 6.26. The third kappa shape index (κ3) is 5.81. The predicted molar refractivity (Wildman–Crippen MR) is 121 cm³/mol. The van der Waals surface area contributed by atoms with E-state index < -0.39 is 11.9 Å². The molecule has 0 spiro atoms. The maximum Gasteiger partial charge on any atom is 0.352 e. The van der Waals surface area contributed by atoms with E-state index in [0.29, 0.717) is 26.9 Å². The first kappa shape index (κ1) is 23.2. The van der Waals surface area contributed by atoms with Crippen LogP contribution in [0.15, 0.2) is 36.4 Å². The lowest BCUT2D eigenvalue weighted by Crippen LogP contribution is -2.15. The molecule has 1 aromatic heterocycles. The molecule has 0 unspecified atom stereocenters. The van der Waals surface area contributed by atoms with Crippen LogP contribution in [0.3, 0.4) is 0 Å². The van der Waals surface area contributed by atoms with Gasteiger partial charge in [0, 0.05) is 25.7 Å². The van der Waals surface area contributed by atoms with E-state index in [0.717, 1.165) is 10.3 Å². The molecule has 0 aliphatic rings. The summed E-state index contributed by atoms with van der Waals surface area (Å²) in [5, 5.41) is 1.74. The van der Waals surface area contributed by atoms with Gasteiger partial charge in [-0.1, -0.05) is 29.3 Å². The van der Waals surface area contributed by atoms with Crippen molar-refractivity contribution in [2.24, 2.45) is 0 Å². The Balaban J connectivity index is 1.85. The second-order valence-corrected chi connectivity index (χ2v) is 8.15. The van der Waals surface area contributed by atoms with E-state index in [1.165, 1.54) is 11.3 Å². The van der Waals surface area contributed by atoms with E-state index in [2.05, 4.69) is 0 Å². The molecule has 0 fully saturated rings. The van der Waals surface area contributed by atoms with Crippen molar-refractivity contribution in [1.29, 1.82) is 0 Å². The highest BCUT2D eigenvalue weighted by molar-refractivity contribution is 7.21. The van der Waals surface area contributed by atoms with Crippen LogP contribution in [0.2, 0.25) is 10.0 Å². The lowest BCUT2D eigenvalue weighted by atomic mass is 10.2. The molecular formula is C22H20Cl2O6S. The molecule has 0 saturated carbocycles. The van der Waals surface area contributed by atoms with Crippen LogP contribution in [0, 0.1) is 0 Å². The number of hydrogen-bond acceptors (Lipinski definition) is 7. The van der Waals surface area contributed by atoms with Crippen LogP contribution in [0.1, 0.15) is 29.1 Å². The van der Waals surface area contributed by atoms with Gasteiger partial charge in [0.05, 0.1) is 13.2 Å². The summed E-state index contributed by atoms with van der Waals surface area (Å²) in [6.45, 7) is 3.85. The highest BCUT2D eigenvalue weighted by Crippen LogP contribution is 2.40. The Kier molecular flexibility index (Phi) is 8.01. The number of carbonyl (C=O) groups excluding carboxylic acids is 2. The number of fused-ring (bicyclic) bond motifs is 1. The number of halogens is 2. The summed E-state index contributed by atoms with van der Waals surface area (Å²) in [6, 6.07) is 10.5. The number of hydrogen-bond donors (Lipinski definition) is 0. The maximum absolute atomic E-state index is 12.4. The fourth-order valence-corrected chi connectivity index (χ4v) is 4.28. The molecule has 0 saturated heterocycles. The molecule has 0 atom stereocenters. The Hall–Kier alpha value is -2.48. The Bertz CT molecular complexity index is 1100. The van der Waals surface area contributed by atoms with Gasteiger partial charge in [-0.3, -0.25) is 0 Å². The van der Waals surface area contributed by atoms with Crippen LogP contribution < -0.4 is 9.47 Å². The van der Waals surface area contributed by atoms with Crippen LogP contribution >= 0.6 is 34.5 Å². The zero-order valence-electron chi connectivity index (χ0n) is 16.9. The second kappa shape index (κ2) is 10.7. The minimum absolute atomic E-state index is 0.223. The average Bonchev–Trinajstić information content (AvgIpc) is 3.10. The number of benzene rings is 2. The summed E-state index contributed by atoms with van der Waals surface area (Å²) in [7, 11) is 0. The van der Waals surface area contributed by atoms with E-state index in [1.54, 1.807) is 50.2 Å². The molecular weight excluding hydrogens is 463 g/mol. The van der Waals surface area contributed by atoms with Crippen molar-refractivity contribution in [2.75, 3.05) is 19.8 Å². The Morgan fingerprint density at radius 1 is 0.968 bits per heavy atom. The monoisotopic (exact) mass is 482 g/mol. The molecule has 0 bridgehead atoms. The zero-order chi connectivity index (χ0) is 22.4. The van der Waals surface area contributed by atoms with Crippen molar-refractivity contribution in [2.45, 2.75) is 20.5 Å². The zero-order valence-corrected chi connectivity index (χ0v) is 19.2. The quantitative estimate of drug-likeness (QED) is 0.353. The van der Waals surface area contributed by atoms with Crippen molar-refractivity contribution >= 4 is 56.6 Å². The molecule has 9 heteroatoms. The molecule has 0 aliphatic heterocycles. The summed E-state index contributed by atoms with van der Waals surface area (Å²) < 4.78 is 22.3. The molecule has 0 aliphatic carbocycles. The third-order valence-electron chi connectivity index (χ3n) is 4.13. The van der Waals surface area contributed by atoms with Gasteiger partial charge in [-0.2, -0.15) is 0 Å². The van der Waals surface area contributed by atoms with E-state index in [1.807, 2.05) is 0 Å². The molecule has 6 nitrogen and oxygen atoms in total. The van der Waals surface area contributed by atoms with E-state index in [4.69, 9.17) is 42.1 Å². The summed E-state index contributed by atoms with van der Waals surface area (Å²) in [6.07, 6.45) is 0. The van der Waals surface area contributed by atoms with Crippen LogP contribution in [-0.4, -0.2) is 31.8 Å². The molecule has 164 valence electrons. The molecule has 3 rings (SSSR count). The van der Waals surface area contributed by atoms with Crippen molar-refractivity contribution in [1.82, 2.24) is 0 Å². The molecule has 0 amide bonds. The summed E-state index contributed by atoms with van der Waals surface area (Å²) in [4.78, 5) is 24.4. The molecule has 1 heterocycles. The topological polar surface area (TPSA) is 71.1 Å². The fourth-order valence-electron chi connectivity index (χ4n) is 2.75. The largest absolute Gasteiger partial charge is 0.489 e. The van der Waals surface area contributed by atoms with Gasteiger partial charge in [0.1, 0.15) is 12.4 Å². The Morgan fingerprint density at radius 3 is 2.45 bits per heavy atom. The van der Waals surface area contributed by atoms with Gasteiger partial charge in [0.15, 0.2) is 17.2 Å². The van der Waals surface area contributed by atoms with Gasteiger partial charge in [-0.15, -0.1) is 11.3 Å². The number of thiophene rings is 1. The third-order valence-corrected chi connectivity index (χ3v) is 5.83. The highest BCUT2D eigenvalue weighted by atomic mass is 35.5. The molecule has 2 aromatic carbocycles. The minimum atomic E-state index is -0.517. The van der Waals surface area contributed by atoms with Gasteiger partial charge >= 0.3 is 11.9 Å². The van der Waals surface area contributed by atoms with Gasteiger partial charge in [-0.25, -0.2) is 9.59 Å². The molecule has 0 radical (unpaired) electrons. The predicted octanol–water partition coefficient (Wildman–Crippen LogP) is 5.91. The van der Waals surface area contributed by atoms with Crippen LogP contribution in [0.25, 0.3) is 10.1 Å². The van der Waals surface area contributed by atoms with E-state index in [9.17, 15) is 9.59 Å². The van der Waals surface area contributed by atoms with Crippen LogP contribution in [0.4, 0.5) is 0 Å². The lowest BCUT2D eigenvalue weighted by Gasteiger charge is -2.09. The highest BCUT2D eigenvalue weighted by Gasteiger charge is 2.22. The van der Waals surface area contributed by atoms with Crippen molar-refractivity contribution in [3.05, 3.63) is 56.9 Å². The van der Waals surface area contributed by atoms with Gasteiger partial charge in [0.2, 0.25) is 0 Å². The minimum Gasteiger partial charge on any atom is -0.489 e. The Morgan fingerprint density at radius 2 is 1.74 bits per heavy atom. The van der Waals surface area contributed by atoms with Gasteiger partial charge in [0.25, 0.3) is 0 Å². The van der Waals surface area contributed by atoms with E-state index >= 15 is 0 Å². The first-order chi connectivity index (χ1) is 14.9. The average molecular weight is 483 g/mol. The van der Waals surface area contributed by atoms with Gasteiger partial charge < -0.3 is 18.9 Å². The number of carbonyl (C=O) groups is 2. The standard InChI is InChI=1S/C22H20Cl2O6S/c1-3-27-19(25)12-30-20-16-8-7-15(10-18(16)31-21(20)22(26)28-4-2)29-11-13-5-6-14(23)9-17(13)24/h5-10H,3-4,11-12H2,1-2H3. The molecule has 3 aromatic rings. The van der Waals surface area contributed by atoms with E-state index in [-0.39, 0.29) is 31.3 Å². The van der Waals surface area contributed by atoms with Crippen molar-refractivity contribution in [3.63, 3.8) is 0 Å². The fraction of sp³-hybridized carbons (Fsp3) is 0.273.